The van der Waals surface area contributed by atoms with Gasteiger partial charge in [-0.25, -0.2) is 8.42 Å². The van der Waals surface area contributed by atoms with E-state index in [0.717, 1.165) is 6.07 Å². The Morgan fingerprint density at radius 2 is 1.76 bits per heavy atom. The lowest BCUT2D eigenvalue weighted by atomic mass is 9.96. The van der Waals surface area contributed by atoms with E-state index in [2.05, 4.69) is 10.5 Å². The third kappa shape index (κ3) is 4.40. The van der Waals surface area contributed by atoms with Gasteiger partial charge in [0.05, 0.1) is 32.4 Å². The molecular weight excluding hydrogens is 508 g/mol. The molecule has 0 bridgehead atoms. The van der Waals surface area contributed by atoms with Crippen molar-refractivity contribution in [3.63, 3.8) is 0 Å². The fourth-order valence-electron chi connectivity index (χ4n) is 3.15. The molecule has 176 valence electrons. The Balaban J connectivity index is 2.04. The standard InChI is InChI=1S/C20H15Cl2F3N2O5S/c1-8-13(21)7-12(17-9(2)27-32-10(17)3)18(28)16(8)19(29)26-15-5-4-11(6-14(15)22)33(30,31)20(23,24)25/h4-7,28H,1-3H3,(H,26,29). The number of benzene rings is 2. The fourth-order valence-corrected chi connectivity index (χ4v) is 4.44. The molecular formula is C20H15Cl2F3N2O5S. The van der Waals surface area contributed by atoms with Crippen molar-refractivity contribution in [1.29, 1.82) is 0 Å². The molecule has 33 heavy (non-hydrogen) atoms. The van der Waals surface area contributed by atoms with Crippen LogP contribution in [0.15, 0.2) is 33.7 Å². The highest BCUT2D eigenvalue weighted by Crippen LogP contribution is 2.41. The third-order valence-electron chi connectivity index (χ3n) is 4.83. The Labute approximate surface area is 196 Å². The molecule has 0 saturated heterocycles. The zero-order valence-corrected chi connectivity index (χ0v) is 19.5. The van der Waals surface area contributed by atoms with Crippen LogP contribution in [0.2, 0.25) is 10.0 Å². The van der Waals surface area contributed by atoms with Gasteiger partial charge in [0, 0.05) is 10.6 Å². The summed E-state index contributed by atoms with van der Waals surface area (Å²) in [5.41, 5.74) is -4.64. The van der Waals surface area contributed by atoms with Crippen molar-refractivity contribution in [2.24, 2.45) is 0 Å². The van der Waals surface area contributed by atoms with Crippen LogP contribution in [-0.2, 0) is 9.84 Å². The van der Waals surface area contributed by atoms with Gasteiger partial charge in [0.1, 0.15) is 11.5 Å². The summed E-state index contributed by atoms with van der Waals surface area (Å²) >= 11 is 12.2. The number of aryl methyl sites for hydroxylation is 2. The van der Waals surface area contributed by atoms with Crippen molar-refractivity contribution in [2.75, 3.05) is 5.32 Å². The smallest absolute Gasteiger partial charge is 0.501 e. The molecule has 1 heterocycles. The number of amides is 1. The Bertz CT molecular complexity index is 1370. The number of rotatable bonds is 4. The minimum absolute atomic E-state index is 0.144. The summed E-state index contributed by atoms with van der Waals surface area (Å²) in [6, 6.07) is 3.58. The molecule has 0 aliphatic carbocycles. The zero-order chi connectivity index (χ0) is 24.9. The van der Waals surface area contributed by atoms with Gasteiger partial charge in [-0.05, 0) is 50.6 Å². The number of sulfone groups is 1. The van der Waals surface area contributed by atoms with E-state index in [1.165, 1.54) is 13.0 Å². The molecule has 0 radical (unpaired) electrons. The molecule has 0 aliphatic heterocycles. The Hall–Kier alpha value is -2.76. The van der Waals surface area contributed by atoms with Crippen LogP contribution < -0.4 is 5.32 Å². The predicted octanol–water partition coefficient (Wildman–Crippen LogP) is 5.83. The molecule has 7 nitrogen and oxygen atoms in total. The van der Waals surface area contributed by atoms with Crippen molar-refractivity contribution in [3.8, 4) is 16.9 Å². The maximum atomic E-state index is 13.0. The highest BCUT2D eigenvalue weighted by atomic mass is 35.5. The number of nitrogens with zero attached hydrogens (tertiary/aromatic N) is 1. The Kier molecular flexibility index (Phi) is 6.44. The molecule has 2 aromatic carbocycles. The molecule has 0 saturated carbocycles. The van der Waals surface area contributed by atoms with E-state index in [1.54, 1.807) is 13.8 Å². The first-order valence-electron chi connectivity index (χ1n) is 9.04. The number of aromatic nitrogens is 1. The maximum Gasteiger partial charge on any atom is 0.501 e. The summed E-state index contributed by atoms with van der Waals surface area (Å²) in [4.78, 5) is 11.9. The third-order valence-corrected chi connectivity index (χ3v) is 7.02. The summed E-state index contributed by atoms with van der Waals surface area (Å²) in [6.07, 6.45) is 0. The van der Waals surface area contributed by atoms with Gasteiger partial charge >= 0.3 is 5.51 Å². The quantitative estimate of drug-likeness (QED) is 0.446. The average molecular weight is 523 g/mol. The van der Waals surface area contributed by atoms with Crippen molar-refractivity contribution in [3.05, 3.63) is 56.9 Å². The molecule has 13 heteroatoms. The van der Waals surface area contributed by atoms with Crippen LogP contribution >= 0.6 is 23.2 Å². The Morgan fingerprint density at radius 1 is 1.12 bits per heavy atom. The molecule has 0 unspecified atom stereocenters. The molecule has 2 N–H and O–H groups in total. The van der Waals surface area contributed by atoms with Crippen LogP contribution in [0.3, 0.4) is 0 Å². The van der Waals surface area contributed by atoms with E-state index in [0.29, 0.717) is 29.2 Å². The molecule has 3 aromatic rings. The van der Waals surface area contributed by atoms with Crippen molar-refractivity contribution < 1.29 is 36.0 Å². The van der Waals surface area contributed by atoms with Gasteiger partial charge in [0.15, 0.2) is 0 Å². The highest BCUT2D eigenvalue weighted by molar-refractivity contribution is 7.92. The lowest BCUT2D eigenvalue weighted by molar-refractivity contribution is -0.0436. The molecule has 0 aliphatic rings. The van der Waals surface area contributed by atoms with E-state index in [4.69, 9.17) is 27.7 Å². The number of nitrogens with one attached hydrogen (secondary N) is 1. The van der Waals surface area contributed by atoms with E-state index in [9.17, 15) is 31.5 Å². The first-order chi connectivity index (χ1) is 15.2. The number of hydrogen-bond acceptors (Lipinski definition) is 6. The predicted molar refractivity (Wildman–Crippen MR) is 115 cm³/mol. The summed E-state index contributed by atoms with van der Waals surface area (Å²) in [5, 5.41) is 16.7. The van der Waals surface area contributed by atoms with Crippen LogP contribution in [0.1, 0.15) is 27.4 Å². The fraction of sp³-hybridized carbons (Fsp3) is 0.200. The van der Waals surface area contributed by atoms with E-state index in [-0.39, 0.29) is 27.4 Å². The lowest BCUT2D eigenvalue weighted by Crippen LogP contribution is -2.23. The molecule has 0 fully saturated rings. The molecule has 0 spiro atoms. The number of halogens is 5. The summed E-state index contributed by atoms with van der Waals surface area (Å²) in [7, 11) is -5.62. The van der Waals surface area contributed by atoms with Gasteiger partial charge in [0.25, 0.3) is 15.7 Å². The highest BCUT2D eigenvalue weighted by Gasteiger charge is 2.47. The second kappa shape index (κ2) is 8.54. The second-order valence-electron chi connectivity index (χ2n) is 7.00. The number of aromatic hydroxyl groups is 1. The maximum absolute atomic E-state index is 13.0. The van der Waals surface area contributed by atoms with E-state index >= 15 is 0 Å². The van der Waals surface area contributed by atoms with Gasteiger partial charge in [-0.1, -0.05) is 28.4 Å². The Morgan fingerprint density at radius 3 is 2.27 bits per heavy atom. The summed E-state index contributed by atoms with van der Waals surface area (Å²) in [5.74, 6) is -0.941. The lowest BCUT2D eigenvalue weighted by Gasteiger charge is -2.16. The minimum Gasteiger partial charge on any atom is -0.506 e. The van der Waals surface area contributed by atoms with Crippen LogP contribution in [0.25, 0.3) is 11.1 Å². The van der Waals surface area contributed by atoms with Crippen molar-refractivity contribution >= 4 is 44.6 Å². The number of carbonyl (C=O) groups excluding carboxylic acids is 1. The van der Waals surface area contributed by atoms with E-state index < -0.39 is 36.9 Å². The average Bonchev–Trinajstić information content (AvgIpc) is 3.03. The zero-order valence-electron chi connectivity index (χ0n) is 17.1. The van der Waals surface area contributed by atoms with Gasteiger partial charge in [-0.2, -0.15) is 13.2 Å². The monoisotopic (exact) mass is 522 g/mol. The van der Waals surface area contributed by atoms with E-state index in [1.807, 2.05) is 0 Å². The number of alkyl halides is 3. The number of hydrogen-bond donors (Lipinski definition) is 2. The summed E-state index contributed by atoms with van der Waals surface area (Å²) in [6.45, 7) is 4.72. The van der Waals surface area contributed by atoms with Crippen LogP contribution in [0, 0.1) is 20.8 Å². The molecule has 3 rings (SSSR count). The van der Waals surface area contributed by atoms with Crippen LogP contribution in [0.5, 0.6) is 5.75 Å². The minimum atomic E-state index is -5.62. The molecule has 1 amide bonds. The largest absolute Gasteiger partial charge is 0.506 e. The number of anilines is 1. The normalized spacial score (nSPS) is 12.1. The van der Waals surface area contributed by atoms with Gasteiger partial charge < -0.3 is 14.9 Å². The van der Waals surface area contributed by atoms with Gasteiger partial charge in [-0.15, -0.1) is 0 Å². The van der Waals surface area contributed by atoms with Gasteiger partial charge in [-0.3, -0.25) is 4.79 Å². The van der Waals surface area contributed by atoms with Crippen LogP contribution in [0.4, 0.5) is 18.9 Å². The second-order valence-corrected chi connectivity index (χ2v) is 9.75. The number of phenolic OH excluding ortho intramolecular Hbond substituents is 1. The molecule has 1 aromatic heterocycles. The van der Waals surface area contributed by atoms with Crippen molar-refractivity contribution in [2.45, 2.75) is 31.2 Å². The SMILES string of the molecule is Cc1noc(C)c1-c1cc(Cl)c(C)c(C(=O)Nc2ccc(S(=O)(=O)C(F)(F)F)cc2Cl)c1O. The first kappa shape index (κ1) is 24.9. The topological polar surface area (TPSA) is 110 Å². The summed E-state index contributed by atoms with van der Waals surface area (Å²) < 4.78 is 66.5. The number of carbonyl (C=O) groups is 1. The van der Waals surface area contributed by atoms with Crippen molar-refractivity contribution in [1.82, 2.24) is 5.16 Å². The van der Waals surface area contributed by atoms with Crippen LogP contribution in [-0.4, -0.2) is 30.1 Å². The number of phenols is 1. The molecule has 0 atom stereocenters. The first-order valence-corrected chi connectivity index (χ1v) is 11.3. The van der Waals surface area contributed by atoms with Gasteiger partial charge in [0.2, 0.25) is 0 Å².